The highest BCUT2D eigenvalue weighted by molar-refractivity contribution is 6.55. The van der Waals surface area contributed by atoms with Gasteiger partial charge in [0.2, 0.25) is 0 Å². The van der Waals surface area contributed by atoms with Gasteiger partial charge in [-0.3, -0.25) is 19.3 Å². The summed E-state index contributed by atoms with van der Waals surface area (Å²) < 4.78 is 4.98. The van der Waals surface area contributed by atoms with Crippen molar-refractivity contribution in [1.29, 1.82) is 0 Å². The number of carbonyl (C=O) groups is 4. The van der Waals surface area contributed by atoms with E-state index in [9.17, 15) is 19.2 Å². The number of hydrogen-bond donors (Lipinski definition) is 0. The number of hydrogen-bond acceptors (Lipinski definition) is 5. The molecule has 0 radical (unpaired) electrons. The number of imide groups is 1. The SMILES string of the molecule is C[C@@H](C(=O)OCC(=O)c1ccccc1)N1C(=O)c2c(Cl)c(Cl)c(Cl)c(Cl)c2C1=O. The Kier molecular flexibility index (Phi) is 6.19. The van der Waals surface area contributed by atoms with Crippen LogP contribution in [0.1, 0.15) is 38.0 Å². The minimum atomic E-state index is -1.34. The third-order valence-corrected chi connectivity index (χ3v) is 6.10. The van der Waals surface area contributed by atoms with Crippen LogP contribution in [-0.2, 0) is 9.53 Å². The molecule has 2 amide bonds. The zero-order chi connectivity index (χ0) is 21.5. The molecular formula is C19H11Cl4NO5. The van der Waals surface area contributed by atoms with Gasteiger partial charge in [0.15, 0.2) is 12.4 Å². The van der Waals surface area contributed by atoms with Crippen molar-refractivity contribution in [2.24, 2.45) is 0 Å². The molecule has 0 unspecified atom stereocenters. The topological polar surface area (TPSA) is 80.8 Å². The number of halogens is 4. The molecule has 3 rings (SSSR count). The van der Waals surface area contributed by atoms with Crippen LogP contribution in [0.5, 0.6) is 0 Å². The minimum absolute atomic E-state index is 0.177. The molecule has 150 valence electrons. The lowest BCUT2D eigenvalue weighted by molar-refractivity contribution is -0.146. The molecule has 0 bridgehead atoms. The van der Waals surface area contributed by atoms with E-state index in [1.165, 1.54) is 6.92 Å². The van der Waals surface area contributed by atoms with E-state index in [-0.39, 0.29) is 31.2 Å². The molecule has 1 atom stereocenters. The Hall–Kier alpha value is -2.12. The first-order valence-electron chi connectivity index (χ1n) is 8.15. The van der Waals surface area contributed by atoms with Gasteiger partial charge < -0.3 is 4.74 Å². The highest BCUT2D eigenvalue weighted by Gasteiger charge is 2.45. The van der Waals surface area contributed by atoms with Gasteiger partial charge in [-0.25, -0.2) is 4.79 Å². The van der Waals surface area contributed by atoms with E-state index < -0.39 is 36.2 Å². The van der Waals surface area contributed by atoms with Gasteiger partial charge in [0, 0.05) is 5.56 Å². The van der Waals surface area contributed by atoms with Gasteiger partial charge in [-0.15, -0.1) is 0 Å². The van der Waals surface area contributed by atoms with Crippen LogP contribution in [0.4, 0.5) is 0 Å². The van der Waals surface area contributed by atoms with Gasteiger partial charge in [0.05, 0.1) is 31.2 Å². The maximum absolute atomic E-state index is 12.7. The summed E-state index contributed by atoms with van der Waals surface area (Å²) in [6, 6.07) is 6.88. The first-order valence-corrected chi connectivity index (χ1v) is 9.66. The lowest BCUT2D eigenvalue weighted by Crippen LogP contribution is -2.44. The molecule has 0 saturated carbocycles. The average molecular weight is 475 g/mol. The van der Waals surface area contributed by atoms with Crippen LogP contribution >= 0.6 is 46.4 Å². The predicted octanol–water partition coefficient (Wildman–Crippen LogP) is 4.71. The number of nitrogens with zero attached hydrogens (tertiary/aromatic N) is 1. The summed E-state index contributed by atoms with van der Waals surface area (Å²) in [6.45, 7) is 0.734. The van der Waals surface area contributed by atoms with Crippen molar-refractivity contribution < 1.29 is 23.9 Å². The van der Waals surface area contributed by atoms with Crippen LogP contribution in [0.3, 0.4) is 0 Å². The minimum Gasteiger partial charge on any atom is -0.456 e. The molecule has 0 N–H and O–H groups in total. The van der Waals surface area contributed by atoms with Gasteiger partial charge in [-0.05, 0) is 6.92 Å². The maximum Gasteiger partial charge on any atom is 0.329 e. The molecule has 1 heterocycles. The Bertz CT molecular complexity index is 1010. The van der Waals surface area contributed by atoms with E-state index in [1.54, 1.807) is 30.3 Å². The average Bonchev–Trinajstić information content (AvgIpc) is 2.98. The Balaban J connectivity index is 1.80. The van der Waals surface area contributed by atoms with Gasteiger partial charge in [0.25, 0.3) is 11.8 Å². The first-order chi connectivity index (χ1) is 13.7. The van der Waals surface area contributed by atoms with E-state index in [0.29, 0.717) is 10.5 Å². The molecule has 0 saturated heterocycles. The molecule has 0 aromatic heterocycles. The molecule has 0 fully saturated rings. The van der Waals surface area contributed by atoms with Crippen LogP contribution in [0, 0.1) is 0 Å². The van der Waals surface area contributed by atoms with Crippen LogP contribution in [-0.4, -0.2) is 41.1 Å². The fraction of sp³-hybridized carbons (Fsp3) is 0.158. The zero-order valence-electron chi connectivity index (χ0n) is 14.7. The fourth-order valence-corrected chi connectivity index (χ4v) is 3.80. The van der Waals surface area contributed by atoms with Crippen molar-refractivity contribution in [3.8, 4) is 0 Å². The smallest absolute Gasteiger partial charge is 0.329 e. The van der Waals surface area contributed by atoms with Crippen molar-refractivity contribution in [3.05, 3.63) is 67.1 Å². The van der Waals surface area contributed by atoms with Crippen molar-refractivity contribution in [2.45, 2.75) is 13.0 Å². The van der Waals surface area contributed by atoms with E-state index >= 15 is 0 Å². The summed E-state index contributed by atoms with van der Waals surface area (Å²) in [5, 5.41) is -0.832. The largest absolute Gasteiger partial charge is 0.456 e. The molecule has 2 aromatic carbocycles. The Morgan fingerprint density at radius 3 is 1.86 bits per heavy atom. The maximum atomic E-state index is 12.7. The summed E-state index contributed by atoms with van der Waals surface area (Å²) >= 11 is 24.0. The van der Waals surface area contributed by atoms with E-state index in [0.717, 1.165) is 0 Å². The number of ketones is 1. The summed E-state index contributed by atoms with van der Waals surface area (Å²) in [7, 11) is 0. The van der Waals surface area contributed by atoms with Crippen LogP contribution < -0.4 is 0 Å². The van der Waals surface area contributed by atoms with Crippen molar-refractivity contribution in [2.75, 3.05) is 6.61 Å². The molecule has 29 heavy (non-hydrogen) atoms. The monoisotopic (exact) mass is 473 g/mol. The Morgan fingerprint density at radius 2 is 1.38 bits per heavy atom. The lowest BCUT2D eigenvalue weighted by atomic mass is 10.1. The fourth-order valence-electron chi connectivity index (χ4n) is 2.79. The second-order valence-corrected chi connectivity index (χ2v) is 7.57. The number of amides is 2. The molecule has 2 aromatic rings. The van der Waals surface area contributed by atoms with Crippen LogP contribution in [0.25, 0.3) is 0 Å². The molecule has 0 spiro atoms. The van der Waals surface area contributed by atoms with Gasteiger partial charge >= 0.3 is 5.97 Å². The van der Waals surface area contributed by atoms with Gasteiger partial charge in [-0.2, -0.15) is 0 Å². The second kappa shape index (κ2) is 8.32. The normalized spacial score (nSPS) is 14.0. The van der Waals surface area contributed by atoms with E-state index in [1.807, 2.05) is 0 Å². The Morgan fingerprint density at radius 1 is 0.897 bits per heavy atom. The highest BCUT2D eigenvalue weighted by Crippen LogP contribution is 2.45. The molecule has 10 heteroatoms. The number of benzene rings is 2. The number of carbonyl (C=O) groups excluding carboxylic acids is 4. The zero-order valence-corrected chi connectivity index (χ0v) is 17.7. The number of esters is 1. The number of rotatable bonds is 5. The molecular weight excluding hydrogens is 464 g/mol. The molecule has 0 aliphatic carbocycles. The summed E-state index contributed by atoms with van der Waals surface area (Å²) in [6.07, 6.45) is 0. The standard InChI is InChI=1S/C19H11Cl4NO5/c1-8(19(28)29-7-10(25)9-5-3-2-4-6-9)24-17(26)11-12(18(24)27)14(21)16(23)15(22)13(11)20/h2-6,8H,7H2,1H3/t8-/m0/s1. The van der Waals surface area contributed by atoms with Crippen LogP contribution in [0.15, 0.2) is 30.3 Å². The van der Waals surface area contributed by atoms with Gasteiger partial charge in [0.1, 0.15) is 6.04 Å². The summed E-state index contributed by atoms with van der Waals surface area (Å²) in [5.41, 5.74) is -0.122. The van der Waals surface area contributed by atoms with Crippen LogP contribution in [0.2, 0.25) is 20.1 Å². The predicted molar refractivity (Wildman–Crippen MR) is 108 cm³/mol. The molecule has 6 nitrogen and oxygen atoms in total. The third-order valence-electron chi connectivity index (χ3n) is 4.30. The number of Topliss-reactive ketones (excluding diaryl/α,β-unsaturated/α-hetero) is 1. The summed E-state index contributed by atoms with van der Waals surface area (Å²) in [4.78, 5) is 50.6. The van der Waals surface area contributed by atoms with Crippen molar-refractivity contribution in [3.63, 3.8) is 0 Å². The quantitative estimate of drug-likeness (QED) is 0.206. The molecule has 1 aliphatic heterocycles. The third kappa shape index (κ3) is 3.73. The van der Waals surface area contributed by atoms with Crippen molar-refractivity contribution in [1.82, 2.24) is 4.90 Å². The van der Waals surface area contributed by atoms with E-state index in [2.05, 4.69) is 0 Å². The number of fused-ring (bicyclic) bond motifs is 1. The first kappa shape index (κ1) is 21.6. The second-order valence-electron chi connectivity index (χ2n) is 6.06. The van der Waals surface area contributed by atoms with E-state index in [4.69, 9.17) is 51.1 Å². The molecule has 1 aliphatic rings. The van der Waals surface area contributed by atoms with Gasteiger partial charge in [-0.1, -0.05) is 76.7 Å². The summed E-state index contributed by atoms with van der Waals surface area (Å²) in [5.74, 6) is -3.12. The highest BCUT2D eigenvalue weighted by atomic mass is 35.5. The number of ether oxygens (including phenoxy) is 1. The van der Waals surface area contributed by atoms with Crippen molar-refractivity contribution >= 4 is 70.0 Å². The lowest BCUT2D eigenvalue weighted by Gasteiger charge is -2.20. The Labute approximate surface area is 185 Å².